The molecule has 1 aromatic carbocycles. The molecule has 2 rings (SSSR count). The van der Waals surface area contributed by atoms with Crippen molar-refractivity contribution in [1.82, 2.24) is 9.62 Å². The number of rotatable bonds is 8. The molecule has 1 amide bonds. The maximum Gasteiger partial charge on any atom is 0.328 e. The Hall–Kier alpha value is -1.58. The highest BCUT2D eigenvalue weighted by atomic mass is 32.2. The topological polar surface area (TPSA) is 92.8 Å². The van der Waals surface area contributed by atoms with Crippen molar-refractivity contribution < 1.29 is 22.7 Å². The Morgan fingerprint density at radius 2 is 1.96 bits per heavy atom. The van der Waals surface area contributed by atoms with E-state index in [0.29, 0.717) is 30.8 Å². The minimum absolute atomic E-state index is 0.0962. The van der Waals surface area contributed by atoms with Gasteiger partial charge in [0.1, 0.15) is 6.04 Å². The number of hydrogen-bond donors (Lipinski definition) is 1. The van der Waals surface area contributed by atoms with Crippen LogP contribution in [0.1, 0.15) is 35.2 Å². The van der Waals surface area contributed by atoms with Crippen LogP contribution in [-0.4, -0.2) is 62.8 Å². The number of benzene rings is 1. The van der Waals surface area contributed by atoms with E-state index in [1.807, 2.05) is 6.26 Å². The highest BCUT2D eigenvalue weighted by Crippen LogP contribution is 2.23. The van der Waals surface area contributed by atoms with Crippen molar-refractivity contribution in [3.63, 3.8) is 0 Å². The molecule has 9 heteroatoms. The molecule has 1 fully saturated rings. The van der Waals surface area contributed by atoms with Gasteiger partial charge in [-0.25, -0.2) is 13.2 Å². The van der Waals surface area contributed by atoms with Crippen molar-refractivity contribution in [3.8, 4) is 0 Å². The highest BCUT2D eigenvalue weighted by Gasteiger charge is 2.29. The van der Waals surface area contributed by atoms with Gasteiger partial charge in [-0.2, -0.15) is 16.1 Å². The Bertz CT molecular complexity index is 789. The fourth-order valence-electron chi connectivity index (χ4n) is 2.95. The predicted molar refractivity (Wildman–Crippen MR) is 105 cm³/mol. The third-order valence-electron chi connectivity index (χ3n) is 4.56. The largest absolute Gasteiger partial charge is 0.467 e. The van der Waals surface area contributed by atoms with Gasteiger partial charge in [0, 0.05) is 18.7 Å². The van der Waals surface area contributed by atoms with Crippen LogP contribution >= 0.6 is 11.8 Å². The van der Waals surface area contributed by atoms with Gasteiger partial charge in [0.2, 0.25) is 10.0 Å². The van der Waals surface area contributed by atoms with Crippen LogP contribution in [0.4, 0.5) is 0 Å². The minimum atomic E-state index is -3.62. The molecule has 0 saturated carbocycles. The number of ether oxygens (including phenoxy) is 1. The van der Waals surface area contributed by atoms with Crippen LogP contribution in [0.25, 0.3) is 0 Å². The van der Waals surface area contributed by atoms with E-state index in [-0.39, 0.29) is 10.5 Å². The number of nitrogens with one attached hydrogen (secondary N) is 1. The molecule has 0 bridgehead atoms. The quantitative estimate of drug-likeness (QED) is 0.652. The molecule has 0 aliphatic carbocycles. The number of hydrogen-bond acceptors (Lipinski definition) is 6. The van der Waals surface area contributed by atoms with Crippen molar-refractivity contribution >= 4 is 33.7 Å². The second-order valence-electron chi connectivity index (χ2n) is 6.42. The molecule has 1 heterocycles. The van der Waals surface area contributed by atoms with Gasteiger partial charge >= 0.3 is 5.97 Å². The standard InChI is InChI=1S/C18H26N2O5S2/c1-13-6-7-14(27(23,24)20-9-4-5-10-20)12-15(13)17(21)19-16(8-11-26-3)18(22)25-2/h6-7,12,16H,4-5,8-11H2,1-3H3,(H,19,21). The highest BCUT2D eigenvalue weighted by molar-refractivity contribution is 7.98. The van der Waals surface area contributed by atoms with Crippen LogP contribution in [0.15, 0.2) is 23.1 Å². The Kier molecular flexibility index (Phi) is 7.69. The maximum atomic E-state index is 12.8. The Morgan fingerprint density at radius 3 is 2.56 bits per heavy atom. The van der Waals surface area contributed by atoms with E-state index in [0.717, 1.165) is 12.8 Å². The number of nitrogens with zero attached hydrogens (tertiary/aromatic N) is 1. The van der Waals surface area contributed by atoms with Crippen LogP contribution in [0.5, 0.6) is 0 Å². The monoisotopic (exact) mass is 414 g/mol. The van der Waals surface area contributed by atoms with E-state index in [1.165, 1.54) is 23.5 Å². The van der Waals surface area contributed by atoms with Gasteiger partial charge in [-0.15, -0.1) is 0 Å². The predicted octanol–water partition coefficient (Wildman–Crippen LogP) is 1.80. The first-order chi connectivity index (χ1) is 12.8. The Balaban J connectivity index is 2.26. The molecule has 150 valence electrons. The SMILES string of the molecule is COC(=O)C(CCSC)NC(=O)c1cc(S(=O)(=O)N2CCCC2)ccc1C. The van der Waals surface area contributed by atoms with Gasteiger partial charge in [-0.1, -0.05) is 6.07 Å². The van der Waals surface area contributed by atoms with Gasteiger partial charge in [0.05, 0.1) is 12.0 Å². The number of aryl methyl sites for hydroxylation is 1. The van der Waals surface area contributed by atoms with E-state index in [2.05, 4.69) is 5.32 Å². The third kappa shape index (κ3) is 5.24. The summed E-state index contributed by atoms with van der Waals surface area (Å²) >= 11 is 1.56. The number of carbonyl (C=O) groups is 2. The number of amides is 1. The molecule has 0 aromatic heterocycles. The lowest BCUT2D eigenvalue weighted by Crippen LogP contribution is -2.42. The fourth-order valence-corrected chi connectivity index (χ4v) is 4.96. The summed E-state index contributed by atoms with van der Waals surface area (Å²) in [7, 11) is -2.34. The summed E-state index contributed by atoms with van der Waals surface area (Å²) in [6.07, 6.45) is 4.03. The minimum Gasteiger partial charge on any atom is -0.467 e. The Morgan fingerprint density at radius 1 is 1.30 bits per heavy atom. The van der Waals surface area contributed by atoms with Crippen molar-refractivity contribution in [3.05, 3.63) is 29.3 Å². The number of carbonyl (C=O) groups excluding carboxylic acids is 2. The molecule has 1 atom stereocenters. The van der Waals surface area contributed by atoms with Crippen LogP contribution < -0.4 is 5.32 Å². The number of sulfonamides is 1. The molecule has 7 nitrogen and oxygen atoms in total. The maximum absolute atomic E-state index is 12.8. The summed E-state index contributed by atoms with van der Waals surface area (Å²) in [5.74, 6) is -0.319. The molecule has 1 unspecified atom stereocenters. The van der Waals surface area contributed by atoms with Crippen LogP contribution in [-0.2, 0) is 19.6 Å². The zero-order chi connectivity index (χ0) is 20.0. The van der Waals surface area contributed by atoms with E-state index in [1.54, 1.807) is 24.8 Å². The van der Waals surface area contributed by atoms with Gasteiger partial charge in [-0.05, 0) is 55.9 Å². The smallest absolute Gasteiger partial charge is 0.328 e. The number of methoxy groups -OCH3 is 1. The normalized spacial score (nSPS) is 16.1. The first-order valence-corrected chi connectivity index (χ1v) is 11.6. The molecular formula is C18H26N2O5S2. The van der Waals surface area contributed by atoms with Crippen molar-refractivity contribution in [1.29, 1.82) is 0 Å². The summed E-state index contributed by atoms with van der Waals surface area (Å²) in [4.78, 5) is 24.7. The summed E-state index contributed by atoms with van der Waals surface area (Å²) < 4.78 is 31.7. The van der Waals surface area contributed by atoms with Gasteiger partial charge < -0.3 is 10.1 Å². The lowest BCUT2D eigenvalue weighted by atomic mass is 10.1. The number of esters is 1. The molecule has 1 N–H and O–H groups in total. The molecule has 0 spiro atoms. The first kappa shape index (κ1) is 21.7. The van der Waals surface area contributed by atoms with Gasteiger partial charge in [0.15, 0.2) is 0 Å². The summed E-state index contributed by atoms with van der Waals surface area (Å²) in [6.45, 7) is 2.73. The average molecular weight is 415 g/mol. The van der Waals surface area contributed by atoms with E-state index >= 15 is 0 Å². The van der Waals surface area contributed by atoms with Gasteiger partial charge in [0.25, 0.3) is 5.91 Å². The molecule has 27 heavy (non-hydrogen) atoms. The van der Waals surface area contributed by atoms with Crippen molar-refractivity contribution in [2.24, 2.45) is 0 Å². The molecule has 1 aromatic rings. The zero-order valence-corrected chi connectivity index (χ0v) is 17.5. The first-order valence-electron chi connectivity index (χ1n) is 8.79. The summed E-state index contributed by atoms with van der Waals surface area (Å²) in [5, 5.41) is 2.67. The van der Waals surface area contributed by atoms with Crippen LogP contribution in [0.3, 0.4) is 0 Å². The lowest BCUT2D eigenvalue weighted by molar-refractivity contribution is -0.142. The lowest BCUT2D eigenvalue weighted by Gasteiger charge is -2.19. The Labute approximate surface area is 164 Å². The second-order valence-corrected chi connectivity index (χ2v) is 9.34. The van der Waals surface area contributed by atoms with Crippen LogP contribution in [0, 0.1) is 6.92 Å². The third-order valence-corrected chi connectivity index (χ3v) is 7.10. The van der Waals surface area contributed by atoms with Crippen LogP contribution in [0.2, 0.25) is 0 Å². The van der Waals surface area contributed by atoms with E-state index < -0.39 is 27.9 Å². The molecule has 1 saturated heterocycles. The van der Waals surface area contributed by atoms with Crippen molar-refractivity contribution in [2.75, 3.05) is 32.2 Å². The van der Waals surface area contributed by atoms with Crippen molar-refractivity contribution in [2.45, 2.75) is 37.1 Å². The second kappa shape index (κ2) is 9.57. The fraction of sp³-hybridized carbons (Fsp3) is 0.556. The number of thioether (sulfide) groups is 1. The van der Waals surface area contributed by atoms with E-state index in [4.69, 9.17) is 4.74 Å². The van der Waals surface area contributed by atoms with E-state index in [9.17, 15) is 18.0 Å². The summed E-state index contributed by atoms with van der Waals surface area (Å²) in [5.41, 5.74) is 0.884. The molecule has 1 aliphatic rings. The summed E-state index contributed by atoms with van der Waals surface area (Å²) in [6, 6.07) is 3.76. The molecular weight excluding hydrogens is 388 g/mol. The molecule has 0 radical (unpaired) electrons. The zero-order valence-electron chi connectivity index (χ0n) is 15.9. The molecule has 1 aliphatic heterocycles. The average Bonchev–Trinajstić information content (AvgIpc) is 3.20. The van der Waals surface area contributed by atoms with Gasteiger partial charge in [-0.3, -0.25) is 4.79 Å².